The van der Waals surface area contributed by atoms with Crippen LogP contribution in [0.15, 0.2) is 18.5 Å². The maximum Gasteiger partial charge on any atom is 0.255 e. The minimum atomic E-state index is -0.170. The van der Waals surface area contributed by atoms with Crippen LogP contribution in [-0.4, -0.2) is 45.8 Å². The van der Waals surface area contributed by atoms with Crippen molar-refractivity contribution in [2.45, 2.75) is 18.9 Å². The van der Waals surface area contributed by atoms with Crippen molar-refractivity contribution >= 4 is 5.91 Å². The Balaban J connectivity index is 1.90. The maximum atomic E-state index is 11.9. The molecule has 0 saturated heterocycles. The van der Waals surface area contributed by atoms with Gasteiger partial charge in [0.15, 0.2) is 0 Å². The summed E-state index contributed by atoms with van der Waals surface area (Å²) in [5, 5.41) is 16.5. The second-order valence-corrected chi connectivity index (χ2v) is 4.31. The fourth-order valence-electron chi connectivity index (χ4n) is 1.96. The Morgan fingerprint density at radius 3 is 2.88 bits per heavy atom. The van der Waals surface area contributed by atoms with Crippen LogP contribution in [0.2, 0.25) is 0 Å². The summed E-state index contributed by atoms with van der Waals surface area (Å²) in [6, 6.07) is 1.65. The van der Waals surface area contributed by atoms with Gasteiger partial charge in [-0.3, -0.25) is 4.79 Å². The van der Waals surface area contributed by atoms with Gasteiger partial charge in [-0.25, -0.2) is 0 Å². The number of rotatable bonds is 3. The van der Waals surface area contributed by atoms with Gasteiger partial charge in [0.2, 0.25) is 0 Å². The number of amides is 1. The standard InChI is InChI=1S/C11H15N3O2/c1-14(7-8-4-10(15)5-8)11(16)9-2-3-12-13-6-9/h2-3,6,8,10,15H,4-5,7H2,1H3. The number of nitrogens with zero attached hydrogens (tertiary/aromatic N) is 3. The van der Waals surface area contributed by atoms with Crippen molar-refractivity contribution < 1.29 is 9.90 Å². The molecule has 5 nitrogen and oxygen atoms in total. The van der Waals surface area contributed by atoms with Gasteiger partial charge in [0, 0.05) is 13.6 Å². The lowest BCUT2D eigenvalue weighted by molar-refractivity contribution is 0.0265. The molecule has 0 aliphatic heterocycles. The lowest BCUT2D eigenvalue weighted by Gasteiger charge is -2.34. The highest BCUT2D eigenvalue weighted by Gasteiger charge is 2.29. The van der Waals surface area contributed by atoms with Crippen LogP contribution in [0, 0.1) is 5.92 Å². The van der Waals surface area contributed by atoms with Gasteiger partial charge in [-0.2, -0.15) is 10.2 Å². The number of hydrogen-bond acceptors (Lipinski definition) is 4. The van der Waals surface area contributed by atoms with E-state index in [0.29, 0.717) is 18.0 Å². The van der Waals surface area contributed by atoms with E-state index in [-0.39, 0.29) is 12.0 Å². The molecule has 1 heterocycles. The molecule has 1 fully saturated rings. The number of carbonyl (C=O) groups excluding carboxylic acids is 1. The fraction of sp³-hybridized carbons (Fsp3) is 0.545. The summed E-state index contributed by atoms with van der Waals surface area (Å²) in [6.07, 6.45) is 4.40. The zero-order chi connectivity index (χ0) is 11.5. The van der Waals surface area contributed by atoms with E-state index in [0.717, 1.165) is 12.8 Å². The van der Waals surface area contributed by atoms with Gasteiger partial charge in [-0.15, -0.1) is 0 Å². The van der Waals surface area contributed by atoms with Gasteiger partial charge in [-0.1, -0.05) is 0 Å². The summed E-state index contributed by atoms with van der Waals surface area (Å²) in [7, 11) is 1.77. The average molecular weight is 221 g/mol. The molecule has 16 heavy (non-hydrogen) atoms. The van der Waals surface area contributed by atoms with Crippen LogP contribution in [0.1, 0.15) is 23.2 Å². The van der Waals surface area contributed by atoms with E-state index in [4.69, 9.17) is 5.11 Å². The number of aliphatic hydroxyl groups excluding tert-OH is 1. The van der Waals surface area contributed by atoms with E-state index in [2.05, 4.69) is 10.2 Å². The van der Waals surface area contributed by atoms with Crippen molar-refractivity contribution in [3.63, 3.8) is 0 Å². The SMILES string of the molecule is CN(CC1CC(O)C1)C(=O)c1ccnnc1. The van der Waals surface area contributed by atoms with Crippen molar-refractivity contribution in [2.24, 2.45) is 5.92 Å². The summed E-state index contributed by atoms with van der Waals surface area (Å²) < 4.78 is 0. The molecular weight excluding hydrogens is 206 g/mol. The van der Waals surface area contributed by atoms with Gasteiger partial charge >= 0.3 is 0 Å². The molecule has 5 heteroatoms. The Kier molecular flexibility index (Phi) is 3.14. The molecule has 0 radical (unpaired) electrons. The third-order valence-electron chi connectivity index (χ3n) is 2.92. The fourth-order valence-corrected chi connectivity index (χ4v) is 1.96. The van der Waals surface area contributed by atoms with Crippen molar-refractivity contribution in [1.82, 2.24) is 15.1 Å². The number of aromatic nitrogens is 2. The molecule has 1 saturated carbocycles. The molecular formula is C11H15N3O2. The third-order valence-corrected chi connectivity index (χ3v) is 2.92. The molecule has 2 rings (SSSR count). The first-order valence-corrected chi connectivity index (χ1v) is 5.37. The Bertz CT molecular complexity index is 363. The monoisotopic (exact) mass is 221 g/mol. The van der Waals surface area contributed by atoms with Crippen LogP contribution in [0.25, 0.3) is 0 Å². The lowest BCUT2D eigenvalue weighted by Crippen LogP contribution is -2.39. The first-order chi connectivity index (χ1) is 7.66. The Labute approximate surface area is 94.1 Å². The molecule has 0 unspecified atom stereocenters. The van der Waals surface area contributed by atoms with E-state index in [1.54, 1.807) is 18.0 Å². The van der Waals surface area contributed by atoms with Crippen molar-refractivity contribution in [3.8, 4) is 0 Å². The average Bonchev–Trinajstić information content (AvgIpc) is 2.27. The number of carbonyl (C=O) groups is 1. The predicted octanol–water partition coefficient (Wildman–Crippen LogP) is 0.319. The zero-order valence-electron chi connectivity index (χ0n) is 9.21. The van der Waals surface area contributed by atoms with Crippen LogP contribution in [0.5, 0.6) is 0 Å². The Morgan fingerprint density at radius 2 is 2.31 bits per heavy atom. The smallest absolute Gasteiger partial charge is 0.255 e. The highest BCUT2D eigenvalue weighted by Crippen LogP contribution is 2.27. The summed E-state index contributed by atoms with van der Waals surface area (Å²) in [6.45, 7) is 0.693. The molecule has 0 bridgehead atoms. The van der Waals surface area contributed by atoms with Crippen LogP contribution in [-0.2, 0) is 0 Å². The number of hydrogen-bond donors (Lipinski definition) is 1. The molecule has 1 aliphatic rings. The molecule has 0 atom stereocenters. The second kappa shape index (κ2) is 4.57. The van der Waals surface area contributed by atoms with Crippen molar-refractivity contribution in [1.29, 1.82) is 0 Å². The van der Waals surface area contributed by atoms with Crippen molar-refractivity contribution in [2.75, 3.05) is 13.6 Å². The lowest BCUT2D eigenvalue weighted by atomic mass is 9.82. The quantitative estimate of drug-likeness (QED) is 0.798. The Hall–Kier alpha value is -1.49. The zero-order valence-corrected chi connectivity index (χ0v) is 9.21. The highest BCUT2D eigenvalue weighted by atomic mass is 16.3. The molecule has 1 aromatic heterocycles. The molecule has 0 spiro atoms. The van der Waals surface area contributed by atoms with Gasteiger partial charge in [0.25, 0.3) is 5.91 Å². The van der Waals surface area contributed by atoms with E-state index in [1.165, 1.54) is 12.4 Å². The summed E-state index contributed by atoms with van der Waals surface area (Å²) >= 11 is 0. The first-order valence-electron chi connectivity index (χ1n) is 5.37. The summed E-state index contributed by atoms with van der Waals surface area (Å²) in [4.78, 5) is 13.6. The van der Waals surface area contributed by atoms with E-state index in [1.807, 2.05) is 0 Å². The summed E-state index contributed by atoms with van der Waals surface area (Å²) in [5.41, 5.74) is 0.553. The predicted molar refractivity (Wildman–Crippen MR) is 57.7 cm³/mol. The van der Waals surface area contributed by atoms with Crippen LogP contribution >= 0.6 is 0 Å². The molecule has 1 aromatic rings. The minimum absolute atomic E-state index is 0.0451. The second-order valence-electron chi connectivity index (χ2n) is 4.31. The van der Waals surface area contributed by atoms with Crippen molar-refractivity contribution in [3.05, 3.63) is 24.0 Å². The molecule has 86 valence electrons. The first kappa shape index (κ1) is 11.0. The van der Waals surface area contributed by atoms with E-state index < -0.39 is 0 Å². The summed E-state index contributed by atoms with van der Waals surface area (Å²) in [5.74, 6) is 0.384. The largest absolute Gasteiger partial charge is 0.393 e. The van der Waals surface area contributed by atoms with Gasteiger partial charge < -0.3 is 10.0 Å². The topological polar surface area (TPSA) is 66.3 Å². The van der Waals surface area contributed by atoms with E-state index in [9.17, 15) is 4.79 Å². The number of aliphatic hydroxyl groups is 1. The van der Waals surface area contributed by atoms with Gasteiger partial charge in [0.05, 0.1) is 24.1 Å². The maximum absolute atomic E-state index is 11.9. The van der Waals surface area contributed by atoms with Crippen LogP contribution < -0.4 is 0 Å². The Morgan fingerprint density at radius 1 is 1.56 bits per heavy atom. The van der Waals surface area contributed by atoms with Crippen LogP contribution in [0.4, 0.5) is 0 Å². The van der Waals surface area contributed by atoms with Gasteiger partial charge in [0.1, 0.15) is 0 Å². The third kappa shape index (κ3) is 2.36. The molecule has 1 amide bonds. The molecule has 0 aromatic carbocycles. The molecule has 1 aliphatic carbocycles. The van der Waals surface area contributed by atoms with Crippen LogP contribution in [0.3, 0.4) is 0 Å². The highest BCUT2D eigenvalue weighted by molar-refractivity contribution is 5.93. The molecule has 1 N–H and O–H groups in total. The van der Waals surface area contributed by atoms with E-state index >= 15 is 0 Å². The minimum Gasteiger partial charge on any atom is -0.393 e. The normalized spacial score (nSPS) is 23.6. The van der Waals surface area contributed by atoms with Gasteiger partial charge in [-0.05, 0) is 24.8 Å².